The van der Waals surface area contributed by atoms with Crippen LogP contribution < -0.4 is 11.2 Å². The minimum Gasteiger partial charge on any atom is -0.273 e. The summed E-state index contributed by atoms with van der Waals surface area (Å²) in [6, 6.07) is 12.4. The summed E-state index contributed by atoms with van der Waals surface area (Å²) in [5.74, 6) is 0. The van der Waals surface area contributed by atoms with E-state index in [2.05, 4.69) is 4.98 Å². The van der Waals surface area contributed by atoms with E-state index in [0.29, 0.717) is 21.6 Å². The lowest BCUT2D eigenvalue weighted by molar-refractivity contribution is 0.942. The second kappa shape index (κ2) is 4.65. The number of fused-ring (bicyclic) bond motifs is 1. The molecule has 1 N–H and O–H groups in total. The molecule has 0 fully saturated rings. The molecule has 0 saturated carbocycles. The van der Waals surface area contributed by atoms with Crippen LogP contribution in [0.5, 0.6) is 0 Å². The van der Waals surface area contributed by atoms with Crippen molar-refractivity contribution in [3.63, 3.8) is 0 Å². The van der Waals surface area contributed by atoms with Gasteiger partial charge < -0.3 is 0 Å². The van der Waals surface area contributed by atoms with Crippen LogP contribution in [0, 0.1) is 6.92 Å². The molecule has 0 saturated heterocycles. The third-order valence-electron chi connectivity index (χ3n) is 3.16. The molecule has 0 aliphatic rings. The smallest absolute Gasteiger partial charge is 0.273 e. The van der Waals surface area contributed by atoms with Crippen LogP contribution in [0.3, 0.4) is 0 Å². The van der Waals surface area contributed by atoms with E-state index in [1.54, 1.807) is 36.4 Å². The summed E-state index contributed by atoms with van der Waals surface area (Å²) < 4.78 is 1.42. The van der Waals surface area contributed by atoms with Gasteiger partial charge in [-0.3, -0.25) is 14.3 Å². The predicted octanol–water partition coefficient (Wildman–Crippen LogP) is 2.64. The summed E-state index contributed by atoms with van der Waals surface area (Å²) in [7, 11) is 0. The number of rotatable bonds is 1. The van der Waals surface area contributed by atoms with Gasteiger partial charge in [0.05, 0.1) is 21.6 Å². The van der Waals surface area contributed by atoms with E-state index in [1.165, 1.54) is 4.57 Å². The van der Waals surface area contributed by atoms with Crippen molar-refractivity contribution in [2.75, 3.05) is 0 Å². The fourth-order valence-electron chi connectivity index (χ4n) is 2.22. The van der Waals surface area contributed by atoms with E-state index in [0.717, 1.165) is 5.56 Å². The summed E-state index contributed by atoms with van der Waals surface area (Å²) in [4.78, 5) is 26.4. The summed E-state index contributed by atoms with van der Waals surface area (Å²) in [5, 5.41) is 0.902. The molecule has 100 valence electrons. The molecule has 0 bridgehead atoms. The number of hydrogen-bond acceptors (Lipinski definition) is 2. The van der Waals surface area contributed by atoms with E-state index in [1.807, 2.05) is 13.0 Å². The van der Waals surface area contributed by atoms with Crippen LogP contribution in [-0.2, 0) is 0 Å². The Morgan fingerprint density at radius 3 is 2.60 bits per heavy atom. The normalized spacial score (nSPS) is 10.9. The Bertz CT molecular complexity index is 925. The maximum absolute atomic E-state index is 12.2. The van der Waals surface area contributed by atoms with Crippen molar-refractivity contribution >= 4 is 22.5 Å². The van der Waals surface area contributed by atoms with Crippen molar-refractivity contribution in [1.29, 1.82) is 0 Å². The number of aromatic nitrogens is 2. The third kappa shape index (κ3) is 1.94. The Morgan fingerprint density at radius 1 is 1.10 bits per heavy atom. The molecule has 0 amide bonds. The summed E-state index contributed by atoms with van der Waals surface area (Å²) in [5.41, 5.74) is 1.16. The average molecular weight is 287 g/mol. The fourth-order valence-corrected chi connectivity index (χ4v) is 2.44. The SMILES string of the molecule is Cc1ccc2c(=O)[nH]c(=O)n(-c3ccccc3Cl)c2c1. The highest BCUT2D eigenvalue weighted by molar-refractivity contribution is 6.32. The zero-order chi connectivity index (χ0) is 14.3. The molecule has 2 aromatic carbocycles. The van der Waals surface area contributed by atoms with Crippen molar-refractivity contribution in [3.05, 3.63) is 73.9 Å². The molecule has 3 aromatic rings. The molecular weight excluding hydrogens is 276 g/mol. The van der Waals surface area contributed by atoms with Crippen molar-refractivity contribution in [1.82, 2.24) is 9.55 Å². The van der Waals surface area contributed by atoms with E-state index in [9.17, 15) is 9.59 Å². The second-order valence-corrected chi connectivity index (χ2v) is 4.97. The Morgan fingerprint density at radius 2 is 1.85 bits per heavy atom. The van der Waals surface area contributed by atoms with Crippen molar-refractivity contribution < 1.29 is 0 Å². The molecule has 20 heavy (non-hydrogen) atoms. The lowest BCUT2D eigenvalue weighted by Crippen LogP contribution is -2.29. The lowest BCUT2D eigenvalue weighted by Gasteiger charge is -2.11. The minimum absolute atomic E-state index is 0.395. The number of para-hydroxylation sites is 1. The van der Waals surface area contributed by atoms with Crippen LogP contribution in [0.25, 0.3) is 16.6 Å². The van der Waals surface area contributed by atoms with Gasteiger partial charge in [-0.05, 0) is 36.8 Å². The van der Waals surface area contributed by atoms with Crippen LogP contribution in [0.4, 0.5) is 0 Å². The van der Waals surface area contributed by atoms with E-state index < -0.39 is 11.2 Å². The average Bonchev–Trinajstić information content (AvgIpc) is 2.40. The molecule has 0 radical (unpaired) electrons. The van der Waals surface area contributed by atoms with Crippen molar-refractivity contribution in [3.8, 4) is 5.69 Å². The van der Waals surface area contributed by atoms with Crippen LogP contribution in [0.15, 0.2) is 52.1 Å². The number of aromatic amines is 1. The topological polar surface area (TPSA) is 54.9 Å². The minimum atomic E-state index is -0.499. The molecule has 5 heteroatoms. The first-order valence-electron chi connectivity index (χ1n) is 6.08. The molecule has 0 aliphatic heterocycles. The molecule has 4 nitrogen and oxygen atoms in total. The van der Waals surface area contributed by atoms with Gasteiger partial charge in [-0.25, -0.2) is 4.79 Å². The predicted molar refractivity (Wildman–Crippen MR) is 79.9 cm³/mol. The highest BCUT2D eigenvalue weighted by atomic mass is 35.5. The molecule has 1 aromatic heterocycles. The van der Waals surface area contributed by atoms with Gasteiger partial charge in [-0.1, -0.05) is 29.8 Å². The number of H-pyrrole nitrogens is 1. The first kappa shape index (κ1) is 12.7. The monoisotopic (exact) mass is 286 g/mol. The van der Waals surface area contributed by atoms with Gasteiger partial charge in [0.2, 0.25) is 0 Å². The summed E-state index contributed by atoms with van der Waals surface area (Å²) in [6.45, 7) is 1.90. The zero-order valence-electron chi connectivity index (χ0n) is 10.7. The van der Waals surface area contributed by atoms with Crippen LogP contribution >= 0.6 is 11.6 Å². The van der Waals surface area contributed by atoms with Gasteiger partial charge in [0.15, 0.2) is 0 Å². The van der Waals surface area contributed by atoms with Gasteiger partial charge in [0.1, 0.15) is 0 Å². The second-order valence-electron chi connectivity index (χ2n) is 4.57. The largest absolute Gasteiger partial charge is 0.333 e. The molecule has 3 rings (SSSR count). The zero-order valence-corrected chi connectivity index (χ0v) is 11.4. The van der Waals surface area contributed by atoms with E-state index >= 15 is 0 Å². The Kier molecular flexibility index (Phi) is 2.95. The molecule has 0 unspecified atom stereocenters. The molecule has 0 spiro atoms. The molecule has 1 heterocycles. The molecular formula is C15H11ClN2O2. The quantitative estimate of drug-likeness (QED) is 0.748. The molecule has 0 aliphatic carbocycles. The third-order valence-corrected chi connectivity index (χ3v) is 3.48. The number of nitrogens with one attached hydrogen (secondary N) is 1. The number of benzene rings is 2. The summed E-state index contributed by atoms with van der Waals surface area (Å²) >= 11 is 6.16. The molecule has 0 atom stereocenters. The summed E-state index contributed by atoms with van der Waals surface area (Å²) in [6.07, 6.45) is 0. The van der Waals surface area contributed by atoms with Gasteiger partial charge in [-0.15, -0.1) is 0 Å². The van der Waals surface area contributed by atoms with Gasteiger partial charge >= 0.3 is 5.69 Å². The highest BCUT2D eigenvalue weighted by Crippen LogP contribution is 2.21. The first-order chi connectivity index (χ1) is 9.58. The van der Waals surface area contributed by atoms with Crippen molar-refractivity contribution in [2.24, 2.45) is 0 Å². The Balaban J connectivity index is 2.54. The number of halogens is 1. The maximum Gasteiger partial charge on any atom is 0.333 e. The van der Waals surface area contributed by atoms with Crippen molar-refractivity contribution in [2.45, 2.75) is 6.92 Å². The van der Waals surface area contributed by atoms with Gasteiger partial charge in [0.25, 0.3) is 5.56 Å². The van der Waals surface area contributed by atoms with E-state index in [-0.39, 0.29) is 0 Å². The van der Waals surface area contributed by atoms with Crippen LogP contribution in [-0.4, -0.2) is 9.55 Å². The van der Waals surface area contributed by atoms with Gasteiger partial charge in [-0.2, -0.15) is 0 Å². The first-order valence-corrected chi connectivity index (χ1v) is 6.46. The standard InChI is InChI=1S/C15H11ClN2O2/c1-9-6-7-10-13(8-9)18(15(20)17-14(10)19)12-5-3-2-4-11(12)16/h2-8H,1H3,(H,17,19,20). The Hall–Kier alpha value is -2.33. The van der Waals surface area contributed by atoms with Gasteiger partial charge in [0, 0.05) is 0 Å². The highest BCUT2D eigenvalue weighted by Gasteiger charge is 2.11. The fraction of sp³-hybridized carbons (Fsp3) is 0.0667. The number of hydrogen-bond donors (Lipinski definition) is 1. The van der Waals surface area contributed by atoms with E-state index in [4.69, 9.17) is 11.6 Å². The number of nitrogens with zero attached hydrogens (tertiary/aromatic N) is 1. The van der Waals surface area contributed by atoms with Crippen LogP contribution in [0.2, 0.25) is 5.02 Å². The maximum atomic E-state index is 12.2. The van der Waals surface area contributed by atoms with Crippen LogP contribution in [0.1, 0.15) is 5.56 Å². The lowest BCUT2D eigenvalue weighted by atomic mass is 10.1. The number of aryl methyl sites for hydroxylation is 1. The Labute approximate surface area is 119 Å².